The fourth-order valence-electron chi connectivity index (χ4n) is 0.714. The Hall–Kier alpha value is -0.790. The van der Waals surface area contributed by atoms with E-state index < -0.39 is 0 Å². The van der Waals surface area contributed by atoms with E-state index in [9.17, 15) is 0 Å². The van der Waals surface area contributed by atoms with Gasteiger partial charge in [-0.25, -0.2) is 5.84 Å². The van der Waals surface area contributed by atoms with E-state index in [1.807, 2.05) is 13.1 Å². The van der Waals surface area contributed by atoms with Gasteiger partial charge in [-0.1, -0.05) is 4.68 Å². The molecule has 1 unspecified atom stereocenters. The number of nitrogens with zero attached hydrogens (tertiary/aromatic N) is 1. The highest BCUT2D eigenvalue weighted by Gasteiger charge is 2.17. The number of hydrazone groups is 1. The predicted octanol–water partition coefficient (Wildman–Crippen LogP) is 0.497. The van der Waals surface area contributed by atoms with Crippen molar-refractivity contribution < 1.29 is 4.68 Å². The molecule has 1 atom stereocenters. The van der Waals surface area contributed by atoms with E-state index in [4.69, 9.17) is 5.84 Å². The summed E-state index contributed by atoms with van der Waals surface area (Å²) in [6, 6.07) is 0. The van der Waals surface area contributed by atoms with E-state index in [1.54, 1.807) is 4.68 Å². The molecule has 0 spiro atoms. The molecule has 0 radical (unpaired) electrons. The van der Waals surface area contributed by atoms with Crippen LogP contribution in [0.15, 0.2) is 12.3 Å². The average Bonchev–Trinajstić information content (AvgIpc) is 1.98. The lowest BCUT2D eigenvalue weighted by atomic mass is 10.1. The van der Waals surface area contributed by atoms with Crippen LogP contribution in [-0.4, -0.2) is 10.4 Å². The molecular formula is C6H11N2+. The van der Waals surface area contributed by atoms with E-state index in [2.05, 4.69) is 13.0 Å². The van der Waals surface area contributed by atoms with E-state index in [0.29, 0.717) is 5.92 Å². The first-order chi connectivity index (χ1) is 3.72. The molecule has 1 aliphatic heterocycles. The number of hydrogen-bond donors (Lipinski definition) is 1. The van der Waals surface area contributed by atoms with Gasteiger partial charge in [0.05, 0.1) is 5.92 Å². The third-order valence-electron chi connectivity index (χ3n) is 1.60. The Bertz CT molecular complexity index is 156. The molecule has 0 aliphatic carbocycles. The Morgan fingerprint density at radius 1 is 1.75 bits per heavy atom. The van der Waals surface area contributed by atoms with Gasteiger partial charge in [-0.15, -0.1) is 0 Å². The number of nitrogens with two attached hydrogens (primary N) is 1. The van der Waals surface area contributed by atoms with Gasteiger partial charge in [-0.3, -0.25) is 0 Å². The summed E-state index contributed by atoms with van der Waals surface area (Å²) in [6.45, 7) is 4.16. The van der Waals surface area contributed by atoms with Crippen LogP contribution in [0.1, 0.15) is 13.8 Å². The smallest absolute Gasteiger partial charge is 0.195 e. The van der Waals surface area contributed by atoms with Crippen molar-refractivity contribution in [1.82, 2.24) is 0 Å². The van der Waals surface area contributed by atoms with Crippen molar-refractivity contribution in [2.45, 2.75) is 13.8 Å². The monoisotopic (exact) mass is 111 g/mol. The van der Waals surface area contributed by atoms with Gasteiger partial charge >= 0.3 is 0 Å². The molecule has 0 bridgehead atoms. The Kier molecular flexibility index (Phi) is 1.08. The lowest BCUT2D eigenvalue weighted by molar-refractivity contribution is -0.466. The van der Waals surface area contributed by atoms with Crippen LogP contribution in [0.2, 0.25) is 0 Å². The molecule has 8 heavy (non-hydrogen) atoms. The van der Waals surface area contributed by atoms with E-state index in [0.717, 1.165) is 0 Å². The van der Waals surface area contributed by atoms with Gasteiger partial charge in [0, 0.05) is 6.92 Å². The summed E-state index contributed by atoms with van der Waals surface area (Å²) >= 11 is 0. The van der Waals surface area contributed by atoms with Gasteiger partial charge in [0.2, 0.25) is 0 Å². The maximum absolute atomic E-state index is 5.48. The summed E-state index contributed by atoms with van der Waals surface area (Å²) in [7, 11) is 0. The molecule has 0 aromatic carbocycles. The van der Waals surface area contributed by atoms with Crippen molar-refractivity contribution in [3.63, 3.8) is 0 Å². The second-order valence-corrected chi connectivity index (χ2v) is 2.18. The summed E-state index contributed by atoms with van der Waals surface area (Å²) in [5, 5.41) is 0. The zero-order valence-electron chi connectivity index (χ0n) is 5.26. The highest BCUT2D eigenvalue weighted by molar-refractivity contribution is 5.82. The van der Waals surface area contributed by atoms with Crippen LogP contribution in [0.5, 0.6) is 0 Å². The fraction of sp³-hybridized carbons (Fsp3) is 0.500. The summed E-state index contributed by atoms with van der Waals surface area (Å²) in [5.41, 5.74) is 1.21. The third-order valence-corrected chi connectivity index (χ3v) is 1.60. The molecule has 1 heterocycles. The summed E-state index contributed by atoms with van der Waals surface area (Å²) in [4.78, 5) is 0. The lowest BCUT2D eigenvalue weighted by Gasteiger charge is -1.90. The summed E-state index contributed by atoms with van der Waals surface area (Å²) in [6.07, 6.45) is 3.97. The van der Waals surface area contributed by atoms with Crippen LogP contribution >= 0.6 is 0 Å². The highest BCUT2D eigenvalue weighted by Crippen LogP contribution is 2.04. The molecule has 0 aromatic heterocycles. The molecule has 0 fully saturated rings. The highest BCUT2D eigenvalue weighted by atomic mass is 15.3. The van der Waals surface area contributed by atoms with Crippen LogP contribution in [-0.2, 0) is 0 Å². The minimum Gasteiger partial charge on any atom is -0.205 e. The topological polar surface area (TPSA) is 29.0 Å². The minimum atomic E-state index is 0.528. The molecule has 2 N–H and O–H groups in total. The maximum Gasteiger partial charge on any atom is 0.195 e. The first-order valence-electron chi connectivity index (χ1n) is 2.77. The van der Waals surface area contributed by atoms with Crippen LogP contribution in [0.25, 0.3) is 0 Å². The zero-order valence-corrected chi connectivity index (χ0v) is 5.26. The van der Waals surface area contributed by atoms with Crippen LogP contribution in [0.3, 0.4) is 0 Å². The van der Waals surface area contributed by atoms with Gasteiger partial charge in [0.25, 0.3) is 0 Å². The van der Waals surface area contributed by atoms with Gasteiger partial charge in [-0.05, 0) is 13.0 Å². The van der Waals surface area contributed by atoms with Crippen LogP contribution in [0.4, 0.5) is 0 Å². The normalized spacial score (nSPS) is 27.5. The largest absolute Gasteiger partial charge is 0.205 e. The Morgan fingerprint density at radius 2 is 2.38 bits per heavy atom. The first-order valence-corrected chi connectivity index (χ1v) is 2.77. The van der Waals surface area contributed by atoms with Gasteiger partial charge in [0.1, 0.15) is 0 Å². The molecule has 0 aromatic rings. The number of hydrogen-bond acceptors (Lipinski definition) is 1. The molecule has 1 rings (SSSR count). The SMILES string of the molecule is CC1=[N+](N)C=CC1C. The molecule has 0 saturated heterocycles. The molecule has 0 amide bonds. The minimum absolute atomic E-state index is 0.528. The van der Waals surface area contributed by atoms with Crippen LogP contribution < -0.4 is 5.84 Å². The first kappa shape index (κ1) is 5.35. The average molecular weight is 111 g/mol. The van der Waals surface area contributed by atoms with Gasteiger partial charge < -0.3 is 0 Å². The number of allylic oxidation sites excluding steroid dienone is 1. The molecular weight excluding hydrogens is 100 g/mol. The van der Waals surface area contributed by atoms with Crippen molar-refractivity contribution in [1.29, 1.82) is 0 Å². The molecule has 2 heteroatoms. The van der Waals surface area contributed by atoms with Crippen molar-refractivity contribution >= 4 is 5.71 Å². The van der Waals surface area contributed by atoms with Crippen LogP contribution in [0, 0.1) is 5.92 Å². The second kappa shape index (κ2) is 1.62. The standard InChI is InChI=1S/C6H11N2/c1-5-3-4-8(7)6(5)2/h3-5H,7H2,1-2H3/q+1. The van der Waals surface area contributed by atoms with Crippen molar-refractivity contribution in [3.05, 3.63) is 12.3 Å². The Labute approximate surface area is 49.3 Å². The van der Waals surface area contributed by atoms with Crippen molar-refractivity contribution in [3.8, 4) is 0 Å². The van der Waals surface area contributed by atoms with Gasteiger partial charge in [-0.2, -0.15) is 0 Å². The molecule has 44 valence electrons. The van der Waals surface area contributed by atoms with Crippen molar-refractivity contribution in [2.24, 2.45) is 11.8 Å². The fourth-order valence-corrected chi connectivity index (χ4v) is 0.714. The lowest BCUT2D eigenvalue weighted by Crippen LogP contribution is -2.19. The molecule has 1 aliphatic rings. The maximum atomic E-state index is 5.48. The van der Waals surface area contributed by atoms with E-state index in [-0.39, 0.29) is 0 Å². The zero-order chi connectivity index (χ0) is 6.15. The predicted molar refractivity (Wildman–Crippen MR) is 33.4 cm³/mol. The van der Waals surface area contributed by atoms with Crippen molar-refractivity contribution in [2.75, 3.05) is 0 Å². The summed E-state index contributed by atoms with van der Waals surface area (Å²) < 4.78 is 1.66. The molecule has 0 saturated carbocycles. The summed E-state index contributed by atoms with van der Waals surface area (Å²) in [5.74, 6) is 6.01. The Balaban J connectivity index is 2.85. The van der Waals surface area contributed by atoms with Gasteiger partial charge in [0.15, 0.2) is 11.9 Å². The molecule has 2 nitrogen and oxygen atoms in total. The van der Waals surface area contributed by atoms with E-state index in [1.165, 1.54) is 5.71 Å². The number of hydrazine groups is 1. The van der Waals surface area contributed by atoms with E-state index >= 15 is 0 Å². The third kappa shape index (κ3) is 0.619. The Morgan fingerprint density at radius 3 is 2.50 bits per heavy atom. The number of rotatable bonds is 0. The quantitative estimate of drug-likeness (QED) is 0.358. The second-order valence-electron chi connectivity index (χ2n) is 2.18.